The average Bonchev–Trinajstić information content (AvgIpc) is 2.99. The highest BCUT2D eigenvalue weighted by Crippen LogP contribution is 2.56. The Bertz CT molecular complexity index is 1080. The van der Waals surface area contributed by atoms with Crippen molar-refractivity contribution in [1.82, 2.24) is 0 Å². The molecule has 5 atom stereocenters. The second-order valence-corrected chi connectivity index (χ2v) is 15.5. The van der Waals surface area contributed by atoms with Crippen LogP contribution in [-0.4, -0.2) is 50.8 Å². The first-order chi connectivity index (χ1) is 21.5. The lowest BCUT2D eigenvalue weighted by Crippen LogP contribution is -2.62. The predicted octanol–water partition coefficient (Wildman–Crippen LogP) is 9.63. The van der Waals surface area contributed by atoms with Crippen LogP contribution in [0.25, 0.3) is 10.4 Å². The first-order valence-electron chi connectivity index (χ1n) is 17.0. The minimum Gasteiger partial charge on any atom is -0.384 e. The summed E-state index contributed by atoms with van der Waals surface area (Å²) in [7, 11) is 0. The Kier molecular flexibility index (Phi) is 11.2. The molecule has 0 heterocycles. The highest BCUT2D eigenvalue weighted by Gasteiger charge is 2.73. The van der Waals surface area contributed by atoms with E-state index in [9.17, 15) is 54.8 Å². The van der Waals surface area contributed by atoms with E-state index in [1.807, 2.05) is 0 Å². The van der Waals surface area contributed by atoms with Crippen LogP contribution in [0.2, 0.25) is 0 Å². The normalized spacial score (nSPS) is 37.7. The molecule has 5 unspecified atom stereocenters. The number of aliphatic hydroxyl groups is 3. The van der Waals surface area contributed by atoms with Crippen LogP contribution in [0.15, 0.2) is 5.11 Å². The van der Waals surface area contributed by atoms with Crippen molar-refractivity contribution in [2.45, 2.75) is 146 Å². The van der Waals surface area contributed by atoms with Crippen molar-refractivity contribution in [3.05, 3.63) is 10.4 Å². The Morgan fingerprint density at radius 3 is 1.11 bits per heavy atom. The molecule has 0 saturated heterocycles. The lowest BCUT2D eigenvalue weighted by Gasteiger charge is -2.49. The fourth-order valence-corrected chi connectivity index (χ4v) is 9.94. The van der Waals surface area contributed by atoms with Gasteiger partial charge in [0.2, 0.25) is 0 Å². The first kappa shape index (κ1) is 38.4. The maximum atomic E-state index is 13.6. The van der Waals surface area contributed by atoms with Crippen molar-refractivity contribution >= 4 is 0 Å². The average molecular weight is 694 g/mol. The smallest absolute Gasteiger partial charge is 0.384 e. The second kappa shape index (κ2) is 13.7. The predicted molar refractivity (Wildman–Crippen MR) is 154 cm³/mol. The molecule has 47 heavy (non-hydrogen) atoms. The number of hydrogen-bond donors (Lipinski definition) is 3. The van der Waals surface area contributed by atoms with Gasteiger partial charge in [0.15, 0.2) is 5.60 Å². The zero-order valence-corrected chi connectivity index (χ0v) is 26.9. The molecular formula is C32H48F9N3O3. The topological polar surface area (TPSA) is 109 Å². The van der Waals surface area contributed by atoms with Crippen LogP contribution in [0.1, 0.15) is 110 Å². The van der Waals surface area contributed by atoms with Gasteiger partial charge in [-0.05, 0) is 163 Å². The summed E-state index contributed by atoms with van der Waals surface area (Å²) >= 11 is 0. The van der Waals surface area contributed by atoms with Crippen molar-refractivity contribution in [3.8, 4) is 0 Å². The Balaban J connectivity index is 1.48. The van der Waals surface area contributed by atoms with Gasteiger partial charge in [-0.3, -0.25) is 0 Å². The molecule has 4 aliphatic carbocycles. The summed E-state index contributed by atoms with van der Waals surface area (Å²) in [6.07, 6.45) is -10.6. The number of hydrogen-bond acceptors (Lipinski definition) is 4. The zero-order valence-electron chi connectivity index (χ0n) is 26.9. The number of alkyl halides is 9. The Labute approximate surface area is 269 Å². The SMILES string of the molecule is CC(O)(N=[N+]=[N-])C1CCC(C2CC(C3CCC(C(C)(O)C(F)(F)F)CC3)CC(C3CCC(C(O)(C(F)(F)F)C(F)(F)F)CC3)C2)CC1. The maximum absolute atomic E-state index is 13.6. The Morgan fingerprint density at radius 2 is 0.809 bits per heavy atom. The summed E-state index contributed by atoms with van der Waals surface area (Å²) < 4.78 is 122. The van der Waals surface area contributed by atoms with Gasteiger partial charge in [0.25, 0.3) is 5.60 Å². The summed E-state index contributed by atoms with van der Waals surface area (Å²) in [6.45, 7) is 2.29. The molecule has 4 saturated carbocycles. The molecule has 6 nitrogen and oxygen atoms in total. The summed E-state index contributed by atoms with van der Waals surface area (Å²) in [5, 5.41) is 34.4. The number of nitrogens with zero attached hydrogens (tertiary/aromatic N) is 3. The van der Waals surface area contributed by atoms with E-state index in [2.05, 4.69) is 10.0 Å². The third-order valence-corrected chi connectivity index (χ3v) is 13.0. The molecular weight excluding hydrogens is 645 g/mol. The van der Waals surface area contributed by atoms with E-state index in [0.29, 0.717) is 32.1 Å². The quantitative estimate of drug-likeness (QED) is 0.107. The molecule has 0 radical (unpaired) electrons. The van der Waals surface area contributed by atoms with Crippen molar-refractivity contribution in [1.29, 1.82) is 0 Å². The van der Waals surface area contributed by atoms with Crippen molar-refractivity contribution < 1.29 is 54.8 Å². The maximum Gasteiger partial charge on any atom is 0.426 e. The molecule has 0 amide bonds. The zero-order chi connectivity index (χ0) is 35.2. The van der Waals surface area contributed by atoms with E-state index in [0.717, 1.165) is 32.6 Å². The van der Waals surface area contributed by atoms with Gasteiger partial charge in [-0.2, -0.15) is 39.5 Å². The van der Waals surface area contributed by atoms with Crippen molar-refractivity contribution in [3.63, 3.8) is 0 Å². The van der Waals surface area contributed by atoms with Gasteiger partial charge >= 0.3 is 18.5 Å². The molecule has 0 bridgehead atoms. The Hall–Kier alpha value is -1.44. The number of halogens is 9. The standard InChI is InChI=1S/C32H48F9N3O3/c1-27(45,30(33,34)35)24-9-3-18(4-10-24)21-15-22(19-5-11-25(12-6-19)28(2,46)43-44-42)17-23(16-21)20-7-13-26(14-8-20)29(47,31(36,37)38)32(39,40)41/h18-26,45-47H,3-17H2,1-2H3. The van der Waals surface area contributed by atoms with Crippen LogP contribution in [0.4, 0.5) is 39.5 Å². The molecule has 4 fully saturated rings. The van der Waals surface area contributed by atoms with Crippen LogP contribution >= 0.6 is 0 Å². The molecule has 4 aliphatic rings. The van der Waals surface area contributed by atoms with E-state index in [4.69, 9.17) is 5.53 Å². The minimum absolute atomic E-state index is 0.0181. The van der Waals surface area contributed by atoms with E-state index < -0.39 is 60.1 Å². The number of rotatable bonds is 7. The highest BCUT2D eigenvalue weighted by atomic mass is 19.4. The summed E-state index contributed by atoms with van der Waals surface area (Å²) in [6, 6.07) is 0. The van der Waals surface area contributed by atoms with Crippen LogP contribution in [0, 0.1) is 53.3 Å². The van der Waals surface area contributed by atoms with E-state index in [1.54, 1.807) is 0 Å². The molecule has 0 spiro atoms. The fourth-order valence-electron chi connectivity index (χ4n) is 9.94. The first-order valence-corrected chi connectivity index (χ1v) is 17.0. The summed E-state index contributed by atoms with van der Waals surface area (Å²) in [4.78, 5) is 2.75. The molecule has 272 valence electrons. The molecule has 0 aromatic heterocycles. The van der Waals surface area contributed by atoms with Crippen LogP contribution in [-0.2, 0) is 0 Å². The molecule has 15 heteroatoms. The Morgan fingerprint density at radius 1 is 0.489 bits per heavy atom. The van der Waals surface area contributed by atoms with Gasteiger partial charge in [-0.15, -0.1) is 0 Å². The summed E-state index contributed by atoms with van der Waals surface area (Å²) in [5.74, 6) is -2.60. The fraction of sp³-hybridized carbons (Fsp3) is 1.00. The molecule has 0 aromatic carbocycles. The minimum atomic E-state index is -5.86. The third-order valence-electron chi connectivity index (χ3n) is 13.0. The van der Waals surface area contributed by atoms with Gasteiger partial charge < -0.3 is 15.3 Å². The van der Waals surface area contributed by atoms with Gasteiger partial charge in [0, 0.05) is 10.8 Å². The van der Waals surface area contributed by atoms with Crippen LogP contribution < -0.4 is 0 Å². The van der Waals surface area contributed by atoms with E-state index in [1.165, 1.54) is 6.92 Å². The number of azide groups is 1. The van der Waals surface area contributed by atoms with Crippen LogP contribution in [0.3, 0.4) is 0 Å². The van der Waals surface area contributed by atoms with Crippen LogP contribution in [0.5, 0.6) is 0 Å². The van der Waals surface area contributed by atoms with Gasteiger partial charge in [0.05, 0.1) is 0 Å². The molecule has 0 aromatic rings. The molecule has 3 N–H and O–H groups in total. The summed E-state index contributed by atoms with van der Waals surface area (Å²) in [5.41, 5.74) is -0.251. The largest absolute Gasteiger partial charge is 0.426 e. The lowest BCUT2D eigenvalue weighted by molar-refractivity contribution is -0.387. The lowest BCUT2D eigenvalue weighted by atomic mass is 9.57. The van der Waals surface area contributed by atoms with E-state index in [-0.39, 0.29) is 67.1 Å². The second-order valence-electron chi connectivity index (χ2n) is 15.5. The van der Waals surface area contributed by atoms with Crippen molar-refractivity contribution in [2.24, 2.45) is 58.4 Å². The van der Waals surface area contributed by atoms with Gasteiger partial charge in [-0.25, -0.2) is 0 Å². The van der Waals surface area contributed by atoms with Crippen molar-refractivity contribution in [2.75, 3.05) is 0 Å². The third kappa shape index (κ3) is 7.83. The highest BCUT2D eigenvalue weighted by molar-refractivity contribution is 5.02. The molecule has 4 rings (SSSR count). The monoisotopic (exact) mass is 693 g/mol. The van der Waals surface area contributed by atoms with E-state index >= 15 is 0 Å². The van der Waals surface area contributed by atoms with Gasteiger partial charge in [0.1, 0.15) is 5.72 Å². The van der Waals surface area contributed by atoms with Gasteiger partial charge in [-0.1, -0.05) is 5.11 Å². The molecule has 0 aliphatic heterocycles.